The maximum Gasteiger partial charge on any atom is 0.243 e. The van der Waals surface area contributed by atoms with Gasteiger partial charge >= 0.3 is 0 Å². The summed E-state index contributed by atoms with van der Waals surface area (Å²) in [6, 6.07) is 19.7. The minimum Gasteiger partial charge on any atom is -0.346 e. The zero-order valence-electron chi connectivity index (χ0n) is 16.5. The number of hydrogen-bond donors (Lipinski definition) is 1. The van der Waals surface area contributed by atoms with Crippen molar-refractivity contribution in [2.75, 3.05) is 6.54 Å². The Hall–Kier alpha value is -2.62. The monoisotopic (exact) mass is 376 g/mol. The van der Waals surface area contributed by atoms with Crippen LogP contribution in [0.1, 0.15) is 49.8 Å². The molecular weight excluding hydrogens is 348 g/mol. The summed E-state index contributed by atoms with van der Waals surface area (Å²) >= 11 is 0. The van der Waals surface area contributed by atoms with Crippen LogP contribution in [-0.4, -0.2) is 29.3 Å². The van der Waals surface area contributed by atoms with E-state index in [-0.39, 0.29) is 41.7 Å². The molecule has 1 N–H and O–H groups in total. The number of hydrogen-bond acceptors (Lipinski definition) is 2. The van der Waals surface area contributed by atoms with Gasteiger partial charge in [-0.15, -0.1) is 0 Å². The highest BCUT2D eigenvalue weighted by molar-refractivity contribution is 5.91. The molecule has 2 aromatic carbocycles. The normalized spacial score (nSPS) is 27.8. The number of nitrogens with zero attached hydrogens (tertiary/aromatic N) is 1. The second-order valence-corrected chi connectivity index (χ2v) is 8.15. The van der Waals surface area contributed by atoms with Crippen molar-refractivity contribution in [2.24, 2.45) is 11.8 Å². The lowest BCUT2D eigenvalue weighted by Gasteiger charge is -2.42. The molecular formula is C24H28N2O2. The van der Waals surface area contributed by atoms with Crippen LogP contribution in [0.2, 0.25) is 0 Å². The summed E-state index contributed by atoms with van der Waals surface area (Å²) in [5, 5.41) is 3.15. The maximum absolute atomic E-state index is 13.4. The van der Waals surface area contributed by atoms with Crippen molar-refractivity contribution >= 4 is 11.8 Å². The summed E-state index contributed by atoms with van der Waals surface area (Å²) < 4.78 is 0. The van der Waals surface area contributed by atoms with Gasteiger partial charge in [0.25, 0.3) is 0 Å². The molecule has 28 heavy (non-hydrogen) atoms. The first kappa shape index (κ1) is 18.7. The van der Waals surface area contributed by atoms with Gasteiger partial charge in [0.2, 0.25) is 11.8 Å². The van der Waals surface area contributed by atoms with E-state index in [1.54, 1.807) is 0 Å². The van der Waals surface area contributed by atoms with E-state index in [1.165, 1.54) is 5.56 Å². The van der Waals surface area contributed by atoms with Gasteiger partial charge in [0, 0.05) is 12.5 Å². The second-order valence-electron chi connectivity index (χ2n) is 8.15. The van der Waals surface area contributed by atoms with E-state index < -0.39 is 0 Å². The van der Waals surface area contributed by atoms with Crippen LogP contribution in [0.15, 0.2) is 60.7 Å². The van der Waals surface area contributed by atoms with Gasteiger partial charge in [-0.3, -0.25) is 9.59 Å². The highest BCUT2D eigenvalue weighted by Crippen LogP contribution is 2.49. The largest absolute Gasteiger partial charge is 0.346 e. The van der Waals surface area contributed by atoms with Crippen LogP contribution in [0.4, 0.5) is 0 Å². The fourth-order valence-corrected chi connectivity index (χ4v) is 4.39. The van der Waals surface area contributed by atoms with E-state index in [1.807, 2.05) is 53.4 Å². The van der Waals surface area contributed by atoms with Crippen molar-refractivity contribution in [2.45, 2.75) is 44.7 Å². The van der Waals surface area contributed by atoms with Gasteiger partial charge in [0.1, 0.15) is 6.04 Å². The number of piperazine rings is 1. The summed E-state index contributed by atoms with van der Waals surface area (Å²) in [4.78, 5) is 28.3. The summed E-state index contributed by atoms with van der Waals surface area (Å²) in [6.07, 6.45) is 1.74. The molecule has 5 atom stereocenters. The number of rotatable bonds is 5. The Morgan fingerprint density at radius 1 is 1.07 bits per heavy atom. The SMILES string of the molecule is CCC(C)[C@H]1C(=O)N[C@@H](c2ccccc2)CN1C(=O)[C@@H]1C[C@H]1c1ccccc1. The zero-order chi connectivity index (χ0) is 19.7. The molecule has 0 radical (unpaired) electrons. The van der Waals surface area contributed by atoms with E-state index >= 15 is 0 Å². The molecule has 0 aromatic heterocycles. The molecule has 1 unspecified atom stereocenters. The number of carbonyl (C=O) groups is 2. The molecule has 4 rings (SSSR count). The van der Waals surface area contributed by atoms with Crippen LogP contribution in [0.25, 0.3) is 0 Å². The number of nitrogens with one attached hydrogen (secondary N) is 1. The average molecular weight is 377 g/mol. The lowest BCUT2D eigenvalue weighted by molar-refractivity contribution is -0.148. The number of benzene rings is 2. The van der Waals surface area contributed by atoms with E-state index in [0.717, 1.165) is 18.4 Å². The van der Waals surface area contributed by atoms with E-state index in [4.69, 9.17) is 0 Å². The predicted molar refractivity (Wildman–Crippen MR) is 110 cm³/mol. The fraction of sp³-hybridized carbons (Fsp3) is 0.417. The number of carbonyl (C=O) groups excluding carboxylic acids is 2. The van der Waals surface area contributed by atoms with Crippen LogP contribution in [-0.2, 0) is 9.59 Å². The van der Waals surface area contributed by atoms with Crippen LogP contribution in [0, 0.1) is 11.8 Å². The Balaban J connectivity index is 1.57. The van der Waals surface area contributed by atoms with E-state index in [2.05, 4.69) is 31.3 Å². The van der Waals surface area contributed by atoms with Crippen molar-refractivity contribution in [3.05, 3.63) is 71.8 Å². The van der Waals surface area contributed by atoms with Gasteiger partial charge in [-0.05, 0) is 29.4 Å². The van der Waals surface area contributed by atoms with E-state index in [9.17, 15) is 9.59 Å². The molecule has 1 saturated carbocycles. The topological polar surface area (TPSA) is 49.4 Å². The van der Waals surface area contributed by atoms with Crippen LogP contribution < -0.4 is 5.32 Å². The summed E-state index contributed by atoms with van der Waals surface area (Å²) in [5.41, 5.74) is 2.27. The maximum atomic E-state index is 13.4. The van der Waals surface area contributed by atoms with Crippen molar-refractivity contribution in [1.82, 2.24) is 10.2 Å². The van der Waals surface area contributed by atoms with Crippen molar-refractivity contribution in [1.29, 1.82) is 0 Å². The minimum absolute atomic E-state index is 0.00344. The first-order valence-corrected chi connectivity index (χ1v) is 10.3. The molecule has 2 aromatic rings. The Morgan fingerprint density at radius 3 is 2.29 bits per heavy atom. The highest BCUT2D eigenvalue weighted by Gasteiger charge is 2.50. The third-order valence-electron chi connectivity index (χ3n) is 6.30. The van der Waals surface area contributed by atoms with E-state index in [0.29, 0.717) is 6.54 Å². The van der Waals surface area contributed by atoms with Crippen LogP contribution in [0.5, 0.6) is 0 Å². The lowest BCUT2D eigenvalue weighted by Crippen LogP contribution is -2.60. The van der Waals surface area contributed by atoms with Crippen molar-refractivity contribution < 1.29 is 9.59 Å². The van der Waals surface area contributed by atoms with Gasteiger partial charge in [-0.1, -0.05) is 80.9 Å². The molecule has 0 spiro atoms. The summed E-state index contributed by atoms with van der Waals surface area (Å²) in [6.45, 7) is 4.68. The third-order valence-corrected chi connectivity index (χ3v) is 6.30. The summed E-state index contributed by atoms with van der Waals surface area (Å²) in [7, 11) is 0. The third kappa shape index (κ3) is 3.56. The van der Waals surface area contributed by atoms with Gasteiger partial charge in [0.05, 0.1) is 6.04 Å². The van der Waals surface area contributed by atoms with Gasteiger partial charge in [0.15, 0.2) is 0 Å². The van der Waals surface area contributed by atoms with Gasteiger partial charge in [-0.25, -0.2) is 0 Å². The molecule has 2 fully saturated rings. The Morgan fingerprint density at radius 2 is 1.68 bits per heavy atom. The Kier molecular flexibility index (Phi) is 5.21. The molecule has 146 valence electrons. The standard InChI is InChI=1S/C24H28N2O2/c1-3-16(2)22-23(27)25-21(18-12-8-5-9-13-18)15-26(22)24(28)20-14-19(20)17-10-6-4-7-11-17/h4-13,16,19-22H,3,14-15H2,1-2H3,(H,25,27)/t16?,19-,20+,21+,22-/m0/s1. The number of amides is 2. The average Bonchev–Trinajstić information content (AvgIpc) is 3.54. The zero-order valence-corrected chi connectivity index (χ0v) is 16.5. The molecule has 4 heteroatoms. The fourth-order valence-electron chi connectivity index (χ4n) is 4.39. The predicted octanol–water partition coefficient (Wildman–Crippen LogP) is 3.90. The Labute approximate surface area is 166 Å². The lowest BCUT2D eigenvalue weighted by atomic mass is 9.91. The summed E-state index contributed by atoms with van der Waals surface area (Å²) in [5.74, 6) is 0.520. The van der Waals surface area contributed by atoms with Crippen molar-refractivity contribution in [3.8, 4) is 0 Å². The first-order chi connectivity index (χ1) is 13.6. The van der Waals surface area contributed by atoms with Gasteiger partial charge < -0.3 is 10.2 Å². The molecule has 4 nitrogen and oxygen atoms in total. The molecule has 2 aliphatic rings. The van der Waals surface area contributed by atoms with Crippen LogP contribution in [0.3, 0.4) is 0 Å². The van der Waals surface area contributed by atoms with Gasteiger partial charge in [-0.2, -0.15) is 0 Å². The first-order valence-electron chi connectivity index (χ1n) is 10.3. The molecule has 1 aliphatic heterocycles. The highest BCUT2D eigenvalue weighted by atomic mass is 16.2. The molecule has 2 amide bonds. The molecule has 0 bridgehead atoms. The van der Waals surface area contributed by atoms with Crippen molar-refractivity contribution in [3.63, 3.8) is 0 Å². The minimum atomic E-state index is -0.380. The molecule has 1 heterocycles. The Bertz CT molecular complexity index is 836. The smallest absolute Gasteiger partial charge is 0.243 e. The quantitative estimate of drug-likeness (QED) is 0.860. The molecule has 1 aliphatic carbocycles. The second kappa shape index (κ2) is 7.78. The van der Waals surface area contributed by atoms with Crippen LogP contribution >= 0.6 is 0 Å². The molecule has 1 saturated heterocycles.